The van der Waals surface area contributed by atoms with Crippen LogP contribution in [-0.2, 0) is 0 Å². The molecule has 0 spiro atoms. The van der Waals surface area contributed by atoms with Crippen LogP contribution in [0.4, 0.5) is 0 Å². The highest BCUT2D eigenvalue weighted by molar-refractivity contribution is 5.26. The van der Waals surface area contributed by atoms with Gasteiger partial charge in [0, 0.05) is 6.04 Å². The van der Waals surface area contributed by atoms with E-state index in [1.54, 1.807) is 5.57 Å². The maximum Gasteiger partial charge on any atom is 0.0596 e. The van der Waals surface area contributed by atoms with Gasteiger partial charge >= 0.3 is 0 Å². The summed E-state index contributed by atoms with van der Waals surface area (Å²) in [5.74, 6) is 2.45. The molecule has 3 saturated carbocycles. The predicted molar refractivity (Wildman–Crippen MR) is 85.7 cm³/mol. The van der Waals surface area contributed by atoms with Crippen LogP contribution >= 0.6 is 0 Å². The van der Waals surface area contributed by atoms with Crippen molar-refractivity contribution in [1.82, 2.24) is 0 Å². The molecule has 0 aromatic rings. The summed E-state index contributed by atoms with van der Waals surface area (Å²) in [5.41, 5.74) is 8.48. The SMILES string of the molecule is C[C@]12CC[C@H]3[C@@H](CCC4=C[C@@H](N)CC[C@@]43C)[C@@H]1CC[C@@H]2O. The van der Waals surface area contributed by atoms with Gasteiger partial charge in [0.15, 0.2) is 0 Å². The molecule has 0 aliphatic heterocycles. The largest absolute Gasteiger partial charge is 0.393 e. The summed E-state index contributed by atoms with van der Waals surface area (Å²) in [6, 6.07) is 0.298. The first-order chi connectivity index (χ1) is 9.95. The molecule has 0 radical (unpaired) electrons. The highest BCUT2D eigenvalue weighted by atomic mass is 16.3. The monoisotopic (exact) mass is 289 g/mol. The second-order valence-corrected chi connectivity index (χ2v) is 8.87. The molecule has 0 aromatic carbocycles. The molecular weight excluding hydrogens is 258 g/mol. The molecule has 118 valence electrons. The van der Waals surface area contributed by atoms with Gasteiger partial charge in [0.1, 0.15) is 0 Å². The maximum atomic E-state index is 10.5. The van der Waals surface area contributed by atoms with Gasteiger partial charge in [0.05, 0.1) is 6.10 Å². The lowest BCUT2D eigenvalue weighted by molar-refractivity contribution is -0.0739. The van der Waals surface area contributed by atoms with Gasteiger partial charge in [-0.05, 0) is 80.0 Å². The number of aliphatic hydroxyl groups is 1. The quantitative estimate of drug-likeness (QED) is 0.669. The zero-order valence-electron chi connectivity index (χ0n) is 13.6. The molecule has 7 atom stereocenters. The van der Waals surface area contributed by atoms with E-state index in [1.807, 2.05) is 0 Å². The molecule has 4 aliphatic rings. The Balaban J connectivity index is 1.67. The van der Waals surface area contributed by atoms with Crippen LogP contribution in [0.2, 0.25) is 0 Å². The lowest BCUT2D eigenvalue weighted by Crippen LogP contribution is -2.51. The van der Waals surface area contributed by atoms with Crippen molar-refractivity contribution in [2.75, 3.05) is 0 Å². The van der Waals surface area contributed by atoms with Crippen LogP contribution in [0.3, 0.4) is 0 Å². The lowest BCUT2D eigenvalue weighted by atomic mass is 9.47. The van der Waals surface area contributed by atoms with Crippen molar-refractivity contribution in [3.63, 3.8) is 0 Å². The van der Waals surface area contributed by atoms with E-state index in [2.05, 4.69) is 19.9 Å². The van der Waals surface area contributed by atoms with Crippen molar-refractivity contribution >= 4 is 0 Å². The normalized spacial score (nSPS) is 56.2. The smallest absolute Gasteiger partial charge is 0.0596 e. The van der Waals surface area contributed by atoms with E-state index < -0.39 is 0 Å². The number of nitrogens with two attached hydrogens (primary N) is 1. The fraction of sp³-hybridized carbons (Fsp3) is 0.895. The second kappa shape index (κ2) is 4.58. The van der Waals surface area contributed by atoms with Crippen molar-refractivity contribution in [3.05, 3.63) is 11.6 Å². The maximum absolute atomic E-state index is 10.5. The molecule has 3 fully saturated rings. The van der Waals surface area contributed by atoms with E-state index in [0.717, 1.165) is 30.6 Å². The third kappa shape index (κ3) is 1.84. The molecule has 0 unspecified atom stereocenters. The van der Waals surface area contributed by atoms with E-state index in [4.69, 9.17) is 5.73 Å². The van der Waals surface area contributed by atoms with Crippen molar-refractivity contribution in [2.45, 2.75) is 77.4 Å². The zero-order chi connectivity index (χ0) is 14.8. The second-order valence-electron chi connectivity index (χ2n) is 8.87. The summed E-state index contributed by atoms with van der Waals surface area (Å²) in [6.07, 6.45) is 12.2. The minimum atomic E-state index is -0.0482. The standard InChI is InChI=1S/C19H31NO/c1-18-9-7-13(20)11-12(18)3-4-14-15-5-6-17(21)19(15,2)10-8-16(14)18/h11,13-17,21H,3-10,20H2,1-2H3/t13-,14-,15-,16-,17-,18-,19-/m0/s1. The number of allylic oxidation sites excluding steroid dienone is 1. The van der Waals surface area contributed by atoms with Gasteiger partial charge in [-0.1, -0.05) is 25.5 Å². The molecule has 3 N–H and O–H groups in total. The average molecular weight is 289 g/mol. The summed E-state index contributed by atoms with van der Waals surface area (Å²) < 4.78 is 0. The number of fused-ring (bicyclic) bond motifs is 5. The van der Waals surface area contributed by atoms with Gasteiger partial charge in [-0.2, -0.15) is 0 Å². The number of hydrogen-bond acceptors (Lipinski definition) is 2. The first-order valence-electron chi connectivity index (χ1n) is 9.10. The Morgan fingerprint density at radius 3 is 2.67 bits per heavy atom. The van der Waals surface area contributed by atoms with Crippen molar-refractivity contribution in [1.29, 1.82) is 0 Å². The molecule has 2 nitrogen and oxygen atoms in total. The number of hydrogen-bond donors (Lipinski definition) is 2. The molecular formula is C19H31NO. The zero-order valence-corrected chi connectivity index (χ0v) is 13.6. The first-order valence-corrected chi connectivity index (χ1v) is 9.10. The highest BCUT2D eigenvalue weighted by Crippen LogP contribution is 2.65. The third-order valence-corrected chi connectivity index (χ3v) is 8.10. The minimum absolute atomic E-state index is 0.0482. The van der Waals surface area contributed by atoms with Gasteiger partial charge in [-0.25, -0.2) is 0 Å². The van der Waals surface area contributed by atoms with Crippen LogP contribution in [0.1, 0.15) is 65.2 Å². The molecule has 0 aromatic heterocycles. The van der Waals surface area contributed by atoms with Crippen molar-refractivity contribution < 1.29 is 5.11 Å². The number of aliphatic hydroxyl groups excluding tert-OH is 1. The van der Waals surface area contributed by atoms with Gasteiger partial charge in [-0.15, -0.1) is 0 Å². The van der Waals surface area contributed by atoms with Crippen LogP contribution in [-0.4, -0.2) is 17.3 Å². The molecule has 21 heavy (non-hydrogen) atoms. The summed E-state index contributed by atoms with van der Waals surface area (Å²) >= 11 is 0. The Morgan fingerprint density at radius 1 is 1.05 bits per heavy atom. The average Bonchev–Trinajstić information content (AvgIpc) is 2.76. The Bertz CT molecular complexity index is 472. The summed E-state index contributed by atoms with van der Waals surface area (Å²) in [4.78, 5) is 0. The van der Waals surface area contributed by atoms with Gasteiger partial charge in [0.25, 0.3) is 0 Å². The molecule has 0 amide bonds. The molecule has 2 heteroatoms. The van der Waals surface area contributed by atoms with E-state index in [9.17, 15) is 5.11 Å². The fourth-order valence-corrected chi connectivity index (χ4v) is 6.73. The minimum Gasteiger partial charge on any atom is -0.393 e. The van der Waals surface area contributed by atoms with Gasteiger partial charge in [-0.3, -0.25) is 0 Å². The van der Waals surface area contributed by atoms with E-state index in [1.165, 1.54) is 38.5 Å². The Morgan fingerprint density at radius 2 is 1.86 bits per heavy atom. The van der Waals surface area contributed by atoms with Crippen LogP contribution in [0.15, 0.2) is 11.6 Å². The predicted octanol–water partition coefficient (Wildman–Crippen LogP) is 3.64. The van der Waals surface area contributed by atoms with Crippen molar-refractivity contribution in [2.24, 2.45) is 34.3 Å². The third-order valence-electron chi connectivity index (χ3n) is 8.10. The molecule has 4 aliphatic carbocycles. The summed E-state index contributed by atoms with van der Waals surface area (Å²) in [5, 5.41) is 10.5. The molecule has 0 saturated heterocycles. The number of rotatable bonds is 0. The van der Waals surface area contributed by atoms with Crippen LogP contribution in [0.5, 0.6) is 0 Å². The van der Waals surface area contributed by atoms with Gasteiger partial charge in [0.2, 0.25) is 0 Å². The summed E-state index contributed by atoms with van der Waals surface area (Å²) in [6.45, 7) is 4.89. The first kappa shape index (κ1) is 14.3. The van der Waals surface area contributed by atoms with Crippen LogP contribution < -0.4 is 5.73 Å². The van der Waals surface area contributed by atoms with Crippen LogP contribution in [0, 0.1) is 28.6 Å². The molecule has 0 bridgehead atoms. The highest BCUT2D eigenvalue weighted by Gasteiger charge is 2.58. The summed E-state index contributed by atoms with van der Waals surface area (Å²) in [7, 11) is 0. The van der Waals surface area contributed by atoms with E-state index in [-0.39, 0.29) is 11.5 Å². The molecule has 0 heterocycles. The topological polar surface area (TPSA) is 46.2 Å². The lowest BCUT2D eigenvalue weighted by Gasteiger charge is -2.58. The Kier molecular flexibility index (Phi) is 3.11. The van der Waals surface area contributed by atoms with Gasteiger partial charge < -0.3 is 10.8 Å². The Hall–Kier alpha value is -0.340. The fourth-order valence-electron chi connectivity index (χ4n) is 6.73. The van der Waals surface area contributed by atoms with E-state index in [0.29, 0.717) is 11.5 Å². The van der Waals surface area contributed by atoms with Crippen molar-refractivity contribution in [3.8, 4) is 0 Å². The molecule has 4 rings (SSSR count). The van der Waals surface area contributed by atoms with Crippen LogP contribution in [0.25, 0.3) is 0 Å². The van der Waals surface area contributed by atoms with E-state index >= 15 is 0 Å². The Labute approximate surface area is 129 Å².